The molecule has 0 saturated carbocycles. The van der Waals surface area contributed by atoms with Gasteiger partial charge in [-0.05, 0) is 44.3 Å². The number of aromatic nitrogens is 2. The van der Waals surface area contributed by atoms with Crippen LogP contribution in [-0.4, -0.2) is 22.6 Å². The Morgan fingerprint density at radius 3 is 3.00 bits per heavy atom. The minimum absolute atomic E-state index is 0.133. The third kappa shape index (κ3) is 2.89. The summed E-state index contributed by atoms with van der Waals surface area (Å²) in [4.78, 5) is 15.1. The van der Waals surface area contributed by atoms with Crippen molar-refractivity contribution in [2.24, 2.45) is 5.92 Å². The van der Waals surface area contributed by atoms with Crippen LogP contribution in [0.3, 0.4) is 0 Å². The summed E-state index contributed by atoms with van der Waals surface area (Å²) in [7, 11) is 0. The van der Waals surface area contributed by atoms with Crippen molar-refractivity contribution < 1.29 is 0 Å². The Balaban J connectivity index is 1.87. The average molecular weight is 207 g/mol. The second kappa shape index (κ2) is 5.07. The van der Waals surface area contributed by atoms with Crippen LogP contribution in [0.2, 0.25) is 0 Å². The van der Waals surface area contributed by atoms with Crippen LogP contribution in [0.5, 0.6) is 0 Å². The van der Waals surface area contributed by atoms with Crippen LogP contribution in [0.25, 0.3) is 0 Å². The van der Waals surface area contributed by atoms with Gasteiger partial charge in [0.25, 0.3) is 0 Å². The molecule has 0 aliphatic carbocycles. The van der Waals surface area contributed by atoms with E-state index in [-0.39, 0.29) is 5.69 Å². The standard InChI is InChI=1S/C11H17N3O/c15-11-13-5-1-8-14(11)9-4-10-2-6-12-7-3-10/h1,5,8,10,12H,2-4,6-7,9H2. The summed E-state index contributed by atoms with van der Waals surface area (Å²) in [5, 5.41) is 3.34. The van der Waals surface area contributed by atoms with E-state index >= 15 is 0 Å². The Morgan fingerprint density at radius 2 is 2.27 bits per heavy atom. The van der Waals surface area contributed by atoms with Gasteiger partial charge in [0.1, 0.15) is 0 Å². The molecule has 0 amide bonds. The predicted molar refractivity (Wildman–Crippen MR) is 58.7 cm³/mol. The second-order valence-electron chi connectivity index (χ2n) is 4.08. The third-order valence-corrected chi connectivity index (χ3v) is 3.02. The minimum Gasteiger partial charge on any atom is -0.317 e. The normalized spacial score (nSPS) is 17.9. The van der Waals surface area contributed by atoms with Crippen molar-refractivity contribution in [1.29, 1.82) is 0 Å². The summed E-state index contributed by atoms with van der Waals surface area (Å²) in [5.41, 5.74) is -0.133. The molecule has 0 spiro atoms. The summed E-state index contributed by atoms with van der Waals surface area (Å²) in [6, 6.07) is 1.81. The summed E-state index contributed by atoms with van der Waals surface area (Å²) in [6.45, 7) is 3.04. The van der Waals surface area contributed by atoms with E-state index in [4.69, 9.17) is 0 Å². The Morgan fingerprint density at radius 1 is 1.47 bits per heavy atom. The fourth-order valence-corrected chi connectivity index (χ4v) is 2.05. The first-order valence-corrected chi connectivity index (χ1v) is 5.58. The summed E-state index contributed by atoms with van der Waals surface area (Å²) >= 11 is 0. The van der Waals surface area contributed by atoms with E-state index in [0.717, 1.165) is 32.0 Å². The smallest absolute Gasteiger partial charge is 0.317 e. The zero-order chi connectivity index (χ0) is 10.5. The molecule has 0 unspecified atom stereocenters. The SMILES string of the molecule is O=c1ncccn1CCC1CCNCC1. The van der Waals surface area contributed by atoms with Gasteiger partial charge in [0.2, 0.25) is 0 Å². The maximum atomic E-state index is 11.3. The quantitative estimate of drug-likeness (QED) is 0.791. The Labute approximate surface area is 89.3 Å². The summed E-state index contributed by atoms with van der Waals surface area (Å²) < 4.78 is 1.70. The topological polar surface area (TPSA) is 46.9 Å². The van der Waals surface area contributed by atoms with Crippen LogP contribution in [0, 0.1) is 5.92 Å². The number of piperidine rings is 1. The number of hydrogen-bond donors (Lipinski definition) is 1. The molecule has 0 aromatic carbocycles. The van der Waals surface area contributed by atoms with Crippen LogP contribution in [0.1, 0.15) is 19.3 Å². The first-order chi connectivity index (χ1) is 7.36. The fourth-order valence-electron chi connectivity index (χ4n) is 2.05. The zero-order valence-corrected chi connectivity index (χ0v) is 8.85. The molecule has 1 N–H and O–H groups in total. The molecule has 2 heterocycles. The molecule has 1 aliphatic rings. The molecule has 1 aromatic rings. The van der Waals surface area contributed by atoms with Crippen LogP contribution < -0.4 is 11.0 Å². The Hall–Kier alpha value is -1.16. The lowest BCUT2D eigenvalue weighted by atomic mass is 9.95. The summed E-state index contributed by atoms with van der Waals surface area (Å²) in [6.07, 6.45) is 6.91. The van der Waals surface area contributed by atoms with E-state index in [1.54, 1.807) is 10.8 Å². The van der Waals surface area contributed by atoms with Crippen molar-refractivity contribution in [1.82, 2.24) is 14.9 Å². The Kier molecular flexibility index (Phi) is 3.50. The van der Waals surface area contributed by atoms with Crippen molar-refractivity contribution in [3.8, 4) is 0 Å². The Bertz CT molecular complexity index is 355. The van der Waals surface area contributed by atoms with E-state index in [1.165, 1.54) is 12.8 Å². The molecule has 2 rings (SSSR count). The van der Waals surface area contributed by atoms with E-state index in [1.807, 2.05) is 12.3 Å². The van der Waals surface area contributed by atoms with E-state index in [0.29, 0.717) is 0 Å². The molecular weight excluding hydrogens is 190 g/mol. The molecule has 15 heavy (non-hydrogen) atoms. The lowest BCUT2D eigenvalue weighted by Gasteiger charge is -2.22. The van der Waals surface area contributed by atoms with Gasteiger partial charge < -0.3 is 5.32 Å². The number of rotatable bonds is 3. The molecule has 0 bridgehead atoms. The maximum Gasteiger partial charge on any atom is 0.347 e. The molecule has 1 aliphatic heterocycles. The van der Waals surface area contributed by atoms with Gasteiger partial charge in [-0.3, -0.25) is 4.57 Å². The van der Waals surface area contributed by atoms with Crippen LogP contribution >= 0.6 is 0 Å². The highest BCUT2D eigenvalue weighted by atomic mass is 16.1. The molecule has 4 nitrogen and oxygen atoms in total. The lowest BCUT2D eigenvalue weighted by molar-refractivity contribution is 0.335. The molecule has 1 fully saturated rings. The largest absolute Gasteiger partial charge is 0.347 e. The second-order valence-corrected chi connectivity index (χ2v) is 4.08. The highest BCUT2D eigenvalue weighted by Gasteiger charge is 2.12. The van der Waals surface area contributed by atoms with Crippen LogP contribution in [0.15, 0.2) is 23.3 Å². The van der Waals surface area contributed by atoms with Gasteiger partial charge in [-0.25, -0.2) is 9.78 Å². The van der Waals surface area contributed by atoms with Gasteiger partial charge in [0.15, 0.2) is 0 Å². The van der Waals surface area contributed by atoms with Crippen LogP contribution in [-0.2, 0) is 6.54 Å². The molecule has 1 saturated heterocycles. The molecular formula is C11H17N3O. The minimum atomic E-state index is -0.133. The van der Waals surface area contributed by atoms with Gasteiger partial charge in [0, 0.05) is 18.9 Å². The fraction of sp³-hybridized carbons (Fsp3) is 0.636. The first-order valence-electron chi connectivity index (χ1n) is 5.58. The van der Waals surface area contributed by atoms with Crippen molar-refractivity contribution >= 4 is 0 Å². The van der Waals surface area contributed by atoms with Crippen molar-refractivity contribution in [3.63, 3.8) is 0 Å². The number of nitrogens with one attached hydrogen (secondary N) is 1. The third-order valence-electron chi connectivity index (χ3n) is 3.02. The predicted octanol–water partition coefficient (Wildman–Crippen LogP) is 0.633. The lowest BCUT2D eigenvalue weighted by Crippen LogP contribution is -2.29. The van der Waals surface area contributed by atoms with Gasteiger partial charge in [-0.1, -0.05) is 0 Å². The zero-order valence-electron chi connectivity index (χ0n) is 8.85. The van der Waals surface area contributed by atoms with E-state index in [2.05, 4.69) is 10.3 Å². The number of aryl methyl sites for hydroxylation is 1. The van der Waals surface area contributed by atoms with Gasteiger partial charge in [-0.15, -0.1) is 0 Å². The maximum absolute atomic E-state index is 11.3. The number of hydrogen-bond acceptors (Lipinski definition) is 3. The first kappa shape index (κ1) is 10.4. The molecule has 4 heteroatoms. The van der Waals surface area contributed by atoms with Gasteiger partial charge >= 0.3 is 5.69 Å². The van der Waals surface area contributed by atoms with E-state index in [9.17, 15) is 4.79 Å². The summed E-state index contributed by atoms with van der Waals surface area (Å²) in [5.74, 6) is 0.762. The monoisotopic (exact) mass is 207 g/mol. The highest BCUT2D eigenvalue weighted by molar-refractivity contribution is 4.81. The van der Waals surface area contributed by atoms with Crippen LogP contribution in [0.4, 0.5) is 0 Å². The molecule has 0 radical (unpaired) electrons. The van der Waals surface area contributed by atoms with E-state index < -0.39 is 0 Å². The average Bonchev–Trinajstić information content (AvgIpc) is 2.29. The molecule has 82 valence electrons. The van der Waals surface area contributed by atoms with Gasteiger partial charge in [0.05, 0.1) is 0 Å². The number of nitrogens with zero attached hydrogens (tertiary/aromatic N) is 2. The van der Waals surface area contributed by atoms with Crippen molar-refractivity contribution in [2.45, 2.75) is 25.8 Å². The molecule has 0 atom stereocenters. The van der Waals surface area contributed by atoms with Crippen molar-refractivity contribution in [2.75, 3.05) is 13.1 Å². The van der Waals surface area contributed by atoms with Crippen molar-refractivity contribution in [3.05, 3.63) is 28.9 Å². The molecule has 1 aromatic heterocycles. The van der Waals surface area contributed by atoms with Gasteiger partial charge in [-0.2, -0.15) is 0 Å². The highest BCUT2D eigenvalue weighted by Crippen LogP contribution is 2.15.